The molecule has 0 bridgehead atoms. The number of carbonyl (C=O) groups excluding carboxylic acids is 1. The van der Waals surface area contributed by atoms with Crippen molar-refractivity contribution in [3.8, 4) is 22.6 Å². The third-order valence-electron chi connectivity index (χ3n) is 6.36. The van der Waals surface area contributed by atoms with Crippen LogP contribution in [0.1, 0.15) is 24.9 Å². The number of Topliss-reactive ketones (excluding diaryl/α,β-unsaturated/α-hetero) is 1. The van der Waals surface area contributed by atoms with E-state index in [2.05, 4.69) is 15.3 Å². The van der Waals surface area contributed by atoms with Crippen molar-refractivity contribution in [2.24, 2.45) is 0 Å². The largest absolute Gasteiger partial charge is 0.495 e. The maximum atomic E-state index is 13.4. The Morgan fingerprint density at radius 1 is 1.05 bits per heavy atom. The number of aromatic nitrogens is 5. The Bertz CT molecular complexity index is 1710. The zero-order chi connectivity index (χ0) is 26.8. The highest BCUT2D eigenvalue weighted by Gasteiger charge is 2.23. The molecule has 5 aromatic rings. The van der Waals surface area contributed by atoms with Crippen molar-refractivity contribution in [3.63, 3.8) is 0 Å². The van der Waals surface area contributed by atoms with Crippen LogP contribution in [0.3, 0.4) is 0 Å². The Labute approximate surface area is 228 Å². The summed E-state index contributed by atoms with van der Waals surface area (Å²) >= 11 is 12.3. The number of hydrogen-bond donors (Lipinski definition) is 0. The maximum absolute atomic E-state index is 13.4. The van der Waals surface area contributed by atoms with Gasteiger partial charge in [0.25, 0.3) is 5.56 Å². The van der Waals surface area contributed by atoms with Gasteiger partial charge >= 0.3 is 0 Å². The van der Waals surface area contributed by atoms with Crippen LogP contribution in [0, 0.1) is 0 Å². The van der Waals surface area contributed by atoms with Crippen molar-refractivity contribution in [1.82, 2.24) is 24.5 Å². The van der Waals surface area contributed by atoms with Gasteiger partial charge in [0.1, 0.15) is 5.75 Å². The fourth-order valence-electron chi connectivity index (χ4n) is 4.56. The zero-order valence-electron chi connectivity index (χ0n) is 20.6. The van der Waals surface area contributed by atoms with Crippen LogP contribution in [0.5, 0.6) is 5.75 Å². The molecule has 0 saturated heterocycles. The van der Waals surface area contributed by atoms with E-state index in [0.29, 0.717) is 34.0 Å². The van der Waals surface area contributed by atoms with Crippen LogP contribution >= 0.6 is 23.2 Å². The topological polar surface area (TPSA) is 91.9 Å². The first-order valence-electron chi connectivity index (χ1n) is 11.9. The number of rotatable bonds is 8. The van der Waals surface area contributed by atoms with Crippen molar-refractivity contribution in [3.05, 3.63) is 99.3 Å². The molecule has 0 spiro atoms. The van der Waals surface area contributed by atoms with Gasteiger partial charge in [-0.1, -0.05) is 47.5 Å². The lowest BCUT2D eigenvalue weighted by Crippen LogP contribution is -2.30. The van der Waals surface area contributed by atoms with E-state index >= 15 is 0 Å². The van der Waals surface area contributed by atoms with Gasteiger partial charge in [-0.3, -0.25) is 14.6 Å². The Kier molecular flexibility index (Phi) is 7.26. The molecular formula is C28H23Cl2N5O3. The van der Waals surface area contributed by atoms with Gasteiger partial charge in [-0.05, 0) is 48.4 Å². The molecule has 0 aliphatic heterocycles. The van der Waals surface area contributed by atoms with E-state index in [-0.39, 0.29) is 22.9 Å². The van der Waals surface area contributed by atoms with Gasteiger partial charge in [-0.15, -0.1) is 5.10 Å². The third kappa shape index (κ3) is 5.05. The van der Waals surface area contributed by atoms with Gasteiger partial charge in [0.15, 0.2) is 10.9 Å². The van der Waals surface area contributed by atoms with E-state index < -0.39 is 6.04 Å². The highest BCUT2D eigenvalue weighted by atomic mass is 35.5. The van der Waals surface area contributed by atoms with Crippen molar-refractivity contribution in [2.75, 3.05) is 7.11 Å². The lowest BCUT2D eigenvalue weighted by molar-refractivity contribution is -0.121. The van der Waals surface area contributed by atoms with Crippen molar-refractivity contribution < 1.29 is 9.53 Å². The molecule has 0 aliphatic rings. The molecule has 2 aromatic carbocycles. The molecule has 0 fully saturated rings. The summed E-state index contributed by atoms with van der Waals surface area (Å²) in [4.78, 5) is 31.1. The monoisotopic (exact) mass is 547 g/mol. The molecule has 0 saturated carbocycles. The van der Waals surface area contributed by atoms with E-state index in [9.17, 15) is 9.59 Å². The number of benzene rings is 2. The molecule has 192 valence electrons. The Hall–Kier alpha value is -4.01. The normalized spacial score (nSPS) is 12.0. The highest BCUT2D eigenvalue weighted by Crippen LogP contribution is 2.35. The molecule has 5 rings (SSSR count). The summed E-state index contributed by atoms with van der Waals surface area (Å²) in [6.07, 6.45) is 5.49. The first kappa shape index (κ1) is 25.6. The van der Waals surface area contributed by atoms with Crippen LogP contribution in [0.15, 0.2) is 78.0 Å². The molecule has 1 unspecified atom stereocenters. The summed E-state index contributed by atoms with van der Waals surface area (Å²) in [6, 6.07) is 15.5. The second-order valence-electron chi connectivity index (χ2n) is 8.75. The number of fused-ring (bicyclic) bond motifs is 1. The molecule has 0 radical (unpaired) electrons. The minimum atomic E-state index is -0.664. The second kappa shape index (κ2) is 10.8. The summed E-state index contributed by atoms with van der Waals surface area (Å²) in [6.45, 7) is 1.88. The minimum absolute atomic E-state index is 0.0756. The highest BCUT2D eigenvalue weighted by molar-refractivity contribution is 6.31. The minimum Gasteiger partial charge on any atom is -0.495 e. The molecule has 0 amide bonds. The Morgan fingerprint density at radius 2 is 1.89 bits per heavy atom. The quantitative estimate of drug-likeness (QED) is 0.246. The Morgan fingerprint density at radius 3 is 2.63 bits per heavy atom. The SMILES string of the molecule is CCC(C(=O)Cc1ccc2ncccc2c1)n1cc(OC)c(-c2cc(Cl)ccc2-n2cc(Cl)nn2)cc1=O. The molecule has 38 heavy (non-hydrogen) atoms. The Balaban J connectivity index is 1.52. The number of nitrogens with zero attached hydrogens (tertiary/aromatic N) is 5. The number of ketones is 1. The van der Waals surface area contributed by atoms with Gasteiger partial charge in [0.05, 0.1) is 36.7 Å². The van der Waals surface area contributed by atoms with Gasteiger partial charge < -0.3 is 9.30 Å². The molecule has 0 aliphatic carbocycles. The predicted octanol–water partition coefficient (Wildman–Crippen LogP) is 5.72. The van der Waals surface area contributed by atoms with E-state index in [0.717, 1.165) is 16.5 Å². The summed E-state index contributed by atoms with van der Waals surface area (Å²) in [7, 11) is 1.51. The van der Waals surface area contributed by atoms with Crippen LogP contribution < -0.4 is 10.3 Å². The molecule has 8 nitrogen and oxygen atoms in total. The number of carbonyl (C=O) groups is 1. The molecule has 3 aromatic heterocycles. The molecule has 3 heterocycles. The van der Waals surface area contributed by atoms with E-state index in [1.165, 1.54) is 22.4 Å². The predicted molar refractivity (Wildman–Crippen MR) is 147 cm³/mol. The van der Waals surface area contributed by atoms with Crippen LogP contribution in [0.25, 0.3) is 27.7 Å². The van der Waals surface area contributed by atoms with E-state index in [1.54, 1.807) is 36.8 Å². The summed E-state index contributed by atoms with van der Waals surface area (Å²) in [5.74, 6) is 0.329. The van der Waals surface area contributed by atoms with Crippen molar-refractivity contribution >= 4 is 39.9 Å². The van der Waals surface area contributed by atoms with Crippen LogP contribution in [-0.4, -0.2) is 37.4 Å². The van der Waals surface area contributed by atoms with E-state index in [1.807, 2.05) is 37.3 Å². The third-order valence-corrected chi connectivity index (χ3v) is 6.77. The second-order valence-corrected chi connectivity index (χ2v) is 9.57. The number of pyridine rings is 2. The number of hydrogen-bond acceptors (Lipinski definition) is 6. The van der Waals surface area contributed by atoms with Gasteiger partial charge in [0.2, 0.25) is 0 Å². The first-order chi connectivity index (χ1) is 18.4. The number of methoxy groups -OCH3 is 1. The van der Waals surface area contributed by atoms with Gasteiger partial charge in [0, 0.05) is 40.2 Å². The van der Waals surface area contributed by atoms with Gasteiger partial charge in [-0.25, -0.2) is 4.68 Å². The van der Waals surface area contributed by atoms with E-state index in [4.69, 9.17) is 27.9 Å². The van der Waals surface area contributed by atoms with Crippen LogP contribution in [0.2, 0.25) is 10.2 Å². The lowest BCUT2D eigenvalue weighted by atomic mass is 9.99. The molecule has 10 heteroatoms. The first-order valence-corrected chi connectivity index (χ1v) is 12.7. The number of ether oxygens (including phenoxy) is 1. The molecule has 0 N–H and O–H groups in total. The molecular weight excluding hydrogens is 525 g/mol. The standard InChI is InChI=1S/C28H23Cl2N5O3/c1-3-23(25(36)12-17-6-8-22-18(11-17)5-4-10-31-22)34-15-26(38-2)21(14-28(34)37)20-13-19(29)7-9-24(20)35-16-27(30)32-33-35/h4-11,13-16,23H,3,12H2,1-2H3. The number of halogens is 2. The fourth-order valence-corrected chi connectivity index (χ4v) is 4.86. The average Bonchev–Trinajstić information content (AvgIpc) is 3.35. The smallest absolute Gasteiger partial charge is 0.252 e. The average molecular weight is 548 g/mol. The fraction of sp³-hybridized carbons (Fsp3) is 0.179. The van der Waals surface area contributed by atoms with Crippen LogP contribution in [0.4, 0.5) is 0 Å². The summed E-state index contributed by atoms with van der Waals surface area (Å²) in [5.41, 5.74) is 3.09. The lowest BCUT2D eigenvalue weighted by Gasteiger charge is -2.20. The van der Waals surface area contributed by atoms with Crippen LogP contribution in [-0.2, 0) is 11.2 Å². The molecule has 1 atom stereocenters. The van der Waals surface area contributed by atoms with Crippen molar-refractivity contribution in [2.45, 2.75) is 25.8 Å². The van der Waals surface area contributed by atoms with Gasteiger partial charge in [-0.2, -0.15) is 0 Å². The summed E-state index contributed by atoms with van der Waals surface area (Å²) in [5, 5.41) is 9.52. The summed E-state index contributed by atoms with van der Waals surface area (Å²) < 4.78 is 8.61. The maximum Gasteiger partial charge on any atom is 0.252 e. The van der Waals surface area contributed by atoms with Crippen molar-refractivity contribution in [1.29, 1.82) is 0 Å². The zero-order valence-corrected chi connectivity index (χ0v) is 22.1.